The van der Waals surface area contributed by atoms with E-state index in [9.17, 15) is 12.8 Å². The monoisotopic (exact) mass is 294 g/mol. The van der Waals surface area contributed by atoms with Gasteiger partial charge in [0.1, 0.15) is 5.82 Å². The van der Waals surface area contributed by atoms with E-state index >= 15 is 0 Å². The van der Waals surface area contributed by atoms with E-state index in [1.165, 1.54) is 12.1 Å². The molecular formula is C14H15FN2O2S. The molecule has 0 aromatic heterocycles. The lowest BCUT2D eigenvalue weighted by molar-refractivity contribution is 0.600. The predicted molar refractivity (Wildman–Crippen MR) is 78.2 cm³/mol. The van der Waals surface area contributed by atoms with Gasteiger partial charge in [0.15, 0.2) is 0 Å². The first-order valence-electron chi connectivity index (χ1n) is 5.97. The Balaban J connectivity index is 2.14. The summed E-state index contributed by atoms with van der Waals surface area (Å²) >= 11 is 0. The Hall–Kier alpha value is -2.08. The van der Waals surface area contributed by atoms with E-state index in [4.69, 9.17) is 5.73 Å². The third-order valence-electron chi connectivity index (χ3n) is 2.78. The van der Waals surface area contributed by atoms with Crippen LogP contribution in [-0.2, 0) is 15.8 Å². The van der Waals surface area contributed by atoms with Crippen molar-refractivity contribution in [2.45, 2.75) is 12.7 Å². The number of sulfonamides is 1. The normalized spacial score (nSPS) is 11.3. The molecule has 0 heterocycles. The maximum atomic E-state index is 13.4. The van der Waals surface area contributed by atoms with Crippen molar-refractivity contribution in [3.63, 3.8) is 0 Å². The molecule has 0 saturated carbocycles. The minimum Gasteiger partial charge on any atom is -0.399 e. The van der Waals surface area contributed by atoms with Crippen molar-refractivity contribution in [1.82, 2.24) is 0 Å². The van der Waals surface area contributed by atoms with Crippen LogP contribution in [0.1, 0.15) is 11.1 Å². The van der Waals surface area contributed by atoms with E-state index in [1.54, 1.807) is 31.2 Å². The number of halogens is 1. The van der Waals surface area contributed by atoms with E-state index < -0.39 is 15.8 Å². The lowest BCUT2D eigenvalue weighted by Crippen LogP contribution is -2.15. The highest BCUT2D eigenvalue weighted by Crippen LogP contribution is 2.17. The molecule has 2 rings (SSSR count). The number of benzene rings is 2. The maximum Gasteiger partial charge on any atom is 0.236 e. The highest BCUT2D eigenvalue weighted by atomic mass is 32.2. The Morgan fingerprint density at radius 3 is 2.40 bits per heavy atom. The largest absolute Gasteiger partial charge is 0.399 e. The van der Waals surface area contributed by atoms with Gasteiger partial charge >= 0.3 is 0 Å². The number of hydrogen-bond acceptors (Lipinski definition) is 3. The first kappa shape index (κ1) is 14.3. The van der Waals surface area contributed by atoms with Crippen LogP contribution in [0, 0.1) is 12.7 Å². The molecule has 0 bridgehead atoms. The Bertz CT molecular complexity index is 712. The molecule has 0 amide bonds. The van der Waals surface area contributed by atoms with Crippen LogP contribution in [-0.4, -0.2) is 8.42 Å². The second-order valence-electron chi connectivity index (χ2n) is 4.57. The molecule has 0 aliphatic heterocycles. The van der Waals surface area contributed by atoms with Gasteiger partial charge in [0.25, 0.3) is 0 Å². The van der Waals surface area contributed by atoms with Crippen molar-refractivity contribution in [1.29, 1.82) is 0 Å². The molecule has 2 aromatic carbocycles. The standard InChI is InChI=1S/C14H15FN2O2S/c1-10-2-7-13(8-14(10)15)17-20(18,19)9-11-3-5-12(16)6-4-11/h2-8,17H,9,16H2,1H3. The Labute approximate surface area is 117 Å². The Morgan fingerprint density at radius 1 is 1.15 bits per heavy atom. The van der Waals surface area contributed by atoms with Crippen LogP contribution in [0.15, 0.2) is 42.5 Å². The van der Waals surface area contributed by atoms with Gasteiger partial charge in [-0.05, 0) is 42.3 Å². The van der Waals surface area contributed by atoms with Crippen molar-refractivity contribution < 1.29 is 12.8 Å². The van der Waals surface area contributed by atoms with Gasteiger partial charge in [-0.3, -0.25) is 4.72 Å². The second-order valence-corrected chi connectivity index (χ2v) is 6.29. The van der Waals surface area contributed by atoms with E-state index in [2.05, 4.69) is 4.72 Å². The summed E-state index contributed by atoms with van der Waals surface area (Å²) < 4.78 is 39.7. The molecule has 0 fully saturated rings. The van der Waals surface area contributed by atoms with Gasteiger partial charge in [-0.25, -0.2) is 12.8 Å². The highest BCUT2D eigenvalue weighted by Gasteiger charge is 2.12. The van der Waals surface area contributed by atoms with Crippen molar-refractivity contribution in [3.8, 4) is 0 Å². The van der Waals surface area contributed by atoms with Gasteiger partial charge < -0.3 is 5.73 Å². The fraction of sp³-hybridized carbons (Fsp3) is 0.143. The molecule has 0 radical (unpaired) electrons. The molecule has 6 heteroatoms. The SMILES string of the molecule is Cc1ccc(NS(=O)(=O)Cc2ccc(N)cc2)cc1F. The molecule has 2 aromatic rings. The van der Waals surface area contributed by atoms with Gasteiger partial charge in [-0.2, -0.15) is 0 Å². The van der Waals surface area contributed by atoms with Gasteiger partial charge in [0, 0.05) is 5.69 Å². The Morgan fingerprint density at radius 2 is 1.80 bits per heavy atom. The van der Waals surface area contributed by atoms with Gasteiger partial charge in [0.2, 0.25) is 10.0 Å². The average molecular weight is 294 g/mol. The molecule has 0 aliphatic carbocycles. The zero-order valence-electron chi connectivity index (χ0n) is 10.9. The number of nitrogens with one attached hydrogen (secondary N) is 1. The molecule has 4 nitrogen and oxygen atoms in total. The summed E-state index contributed by atoms with van der Waals surface area (Å²) in [7, 11) is -3.59. The smallest absolute Gasteiger partial charge is 0.236 e. The summed E-state index contributed by atoms with van der Waals surface area (Å²) in [5, 5.41) is 0. The van der Waals surface area contributed by atoms with E-state index in [0.717, 1.165) is 6.07 Å². The zero-order valence-corrected chi connectivity index (χ0v) is 11.7. The lowest BCUT2D eigenvalue weighted by Gasteiger charge is -2.09. The molecule has 0 spiro atoms. The van der Waals surface area contributed by atoms with E-state index in [1.807, 2.05) is 0 Å². The van der Waals surface area contributed by atoms with Gasteiger partial charge in [-0.15, -0.1) is 0 Å². The van der Waals surface area contributed by atoms with Crippen molar-refractivity contribution in [2.24, 2.45) is 0 Å². The van der Waals surface area contributed by atoms with Crippen LogP contribution in [0.2, 0.25) is 0 Å². The fourth-order valence-corrected chi connectivity index (χ4v) is 2.89. The van der Waals surface area contributed by atoms with E-state index in [0.29, 0.717) is 16.8 Å². The number of rotatable bonds is 4. The number of nitrogen functional groups attached to an aromatic ring is 1. The molecule has 20 heavy (non-hydrogen) atoms. The molecule has 0 saturated heterocycles. The van der Waals surface area contributed by atoms with Crippen molar-refractivity contribution >= 4 is 21.4 Å². The number of aryl methyl sites for hydroxylation is 1. The number of anilines is 2. The molecule has 0 atom stereocenters. The predicted octanol–water partition coefficient (Wildman–Crippen LogP) is 2.66. The second kappa shape index (κ2) is 5.50. The summed E-state index contributed by atoms with van der Waals surface area (Å²) in [6, 6.07) is 10.8. The highest BCUT2D eigenvalue weighted by molar-refractivity contribution is 7.91. The molecule has 0 unspecified atom stereocenters. The quantitative estimate of drug-likeness (QED) is 0.851. The van der Waals surface area contributed by atoms with Crippen LogP contribution in [0.4, 0.5) is 15.8 Å². The summed E-state index contributed by atoms with van der Waals surface area (Å²) in [6.45, 7) is 1.61. The van der Waals surface area contributed by atoms with Crippen LogP contribution < -0.4 is 10.5 Å². The summed E-state index contributed by atoms with van der Waals surface area (Å²) in [4.78, 5) is 0. The summed E-state index contributed by atoms with van der Waals surface area (Å²) in [5.74, 6) is -0.638. The van der Waals surface area contributed by atoms with Crippen LogP contribution in [0.5, 0.6) is 0 Å². The number of hydrogen-bond donors (Lipinski definition) is 2. The molecule has 3 N–H and O–H groups in total. The van der Waals surface area contributed by atoms with E-state index in [-0.39, 0.29) is 11.4 Å². The molecule has 106 valence electrons. The fourth-order valence-electron chi connectivity index (χ4n) is 1.71. The van der Waals surface area contributed by atoms with Crippen molar-refractivity contribution in [3.05, 3.63) is 59.4 Å². The summed E-state index contributed by atoms with van der Waals surface area (Å²) in [5.41, 5.74) is 7.39. The average Bonchev–Trinajstić information content (AvgIpc) is 2.36. The lowest BCUT2D eigenvalue weighted by atomic mass is 10.2. The van der Waals surface area contributed by atoms with Crippen LogP contribution in [0.3, 0.4) is 0 Å². The molecular weight excluding hydrogens is 279 g/mol. The minimum absolute atomic E-state index is 0.192. The first-order valence-corrected chi connectivity index (χ1v) is 7.62. The minimum atomic E-state index is -3.59. The third-order valence-corrected chi connectivity index (χ3v) is 4.04. The van der Waals surface area contributed by atoms with Crippen LogP contribution in [0.25, 0.3) is 0 Å². The maximum absolute atomic E-state index is 13.4. The third kappa shape index (κ3) is 3.71. The number of nitrogens with two attached hydrogens (primary N) is 1. The first-order chi connectivity index (χ1) is 9.35. The topological polar surface area (TPSA) is 72.2 Å². The van der Waals surface area contributed by atoms with Gasteiger partial charge in [0.05, 0.1) is 11.4 Å². The van der Waals surface area contributed by atoms with Crippen molar-refractivity contribution in [2.75, 3.05) is 10.5 Å². The Kier molecular flexibility index (Phi) is 3.94. The summed E-state index contributed by atoms with van der Waals surface area (Å²) in [6.07, 6.45) is 0. The molecule has 0 aliphatic rings. The zero-order chi connectivity index (χ0) is 14.8. The van der Waals surface area contributed by atoms with Gasteiger partial charge in [-0.1, -0.05) is 18.2 Å². The van der Waals surface area contributed by atoms with Crippen LogP contribution >= 0.6 is 0 Å².